The Morgan fingerprint density at radius 3 is 2.77 bits per heavy atom. The Balaban J connectivity index is 3.17. The summed E-state index contributed by atoms with van der Waals surface area (Å²) in [6.07, 6.45) is 0.219. The van der Waals surface area contributed by atoms with Crippen LogP contribution >= 0.6 is 0 Å². The number of nitriles is 1. The van der Waals surface area contributed by atoms with Gasteiger partial charge in [0.15, 0.2) is 0 Å². The van der Waals surface area contributed by atoms with Crippen molar-refractivity contribution < 1.29 is 9.84 Å². The van der Waals surface area contributed by atoms with E-state index in [1.807, 2.05) is 6.07 Å². The molecule has 3 heteroatoms. The number of methoxy groups -OCH3 is 1. The molecule has 0 saturated heterocycles. The van der Waals surface area contributed by atoms with Crippen LogP contribution < -0.4 is 4.74 Å². The maximum Gasteiger partial charge on any atom is 0.126 e. The Kier molecular flexibility index (Phi) is 2.76. The van der Waals surface area contributed by atoms with Crippen LogP contribution in [0.1, 0.15) is 11.1 Å². The number of rotatable bonds is 2. The standard InChI is InChI=1S/C10H11NO2/c1-7-9(13-2)4-3-8(5-6-11)10(7)12/h3-4,12H,5H2,1-2H3. The fourth-order valence-electron chi connectivity index (χ4n) is 1.19. The first-order valence-corrected chi connectivity index (χ1v) is 3.93. The summed E-state index contributed by atoms with van der Waals surface area (Å²) < 4.78 is 5.02. The van der Waals surface area contributed by atoms with E-state index < -0.39 is 0 Å². The second-order valence-corrected chi connectivity index (χ2v) is 2.74. The largest absolute Gasteiger partial charge is 0.507 e. The third-order valence-electron chi connectivity index (χ3n) is 1.95. The molecule has 0 aromatic heterocycles. The molecular formula is C10H11NO2. The Bertz CT molecular complexity index is 353. The van der Waals surface area contributed by atoms with Gasteiger partial charge in [-0.15, -0.1) is 0 Å². The van der Waals surface area contributed by atoms with Crippen molar-refractivity contribution >= 4 is 0 Å². The van der Waals surface area contributed by atoms with Crippen LogP contribution in [0.5, 0.6) is 11.5 Å². The molecule has 0 aliphatic heterocycles. The average molecular weight is 177 g/mol. The zero-order chi connectivity index (χ0) is 9.84. The fraction of sp³-hybridized carbons (Fsp3) is 0.300. The lowest BCUT2D eigenvalue weighted by Crippen LogP contribution is -1.91. The lowest BCUT2D eigenvalue weighted by molar-refractivity contribution is 0.401. The molecule has 1 rings (SSSR count). The number of phenols is 1. The summed E-state index contributed by atoms with van der Waals surface area (Å²) in [5.41, 5.74) is 1.32. The van der Waals surface area contributed by atoms with Gasteiger partial charge in [-0.1, -0.05) is 6.07 Å². The minimum Gasteiger partial charge on any atom is -0.507 e. The van der Waals surface area contributed by atoms with Crippen LogP contribution in [0.2, 0.25) is 0 Å². The Morgan fingerprint density at radius 1 is 1.54 bits per heavy atom. The van der Waals surface area contributed by atoms with E-state index in [0.717, 1.165) is 0 Å². The average Bonchev–Trinajstić information content (AvgIpc) is 2.14. The van der Waals surface area contributed by atoms with Gasteiger partial charge in [0.1, 0.15) is 11.5 Å². The maximum absolute atomic E-state index is 9.61. The zero-order valence-corrected chi connectivity index (χ0v) is 7.66. The van der Waals surface area contributed by atoms with Crippen LogP contribution in [0.15, 0.2) is 12.1 Å². The van der Waals surface area contributed by atoms with Crippen molar-refractivity contribution in [3.8, 4) is 17.6 Å². The first-order chi connectivity index (χ1) is 6.20. The second-order valence-electron chi connectivity index (χ2n) is 2.74. The van der Waals surface area contributed by atoms with Crippen LogP contribution in [0.25, 0.3) is 0 Å². The first-order valence-electron chi connectivity index (χ1n) is 3.93. The molecule has 0 bridgehead atoms. The lowest BCUT2D eigenvalue weighted by Gasteiger charge is -2.08. The van der Waals surface area contributed by atoms with E-state index in [9.17, 15) is 5.11 Å². The molecule has 0 atom stereocenters. The SMILES string of the molecule is COc1ccc(CC#N)c(O)c1C. The second kappa shape index (κ2) is 3.81. The minimum absolute atomic E-state index is 0.154. The summed E-state index contributed by atoms with van der Waals surface area (Å²) in [6.45, 7) is 1.76. The summed E-state index contributed by atoms with van der Waals surface area (Å²) in [5.74, 6) is 0.792. The van der Waals surface area contributed by atoms with Gasteiger partial charge in [0, 0.05) is 11.1 Å². The van der Waals surface area contributed by atoms with E-state index in [2.05, 4.69) is 0 Å². The molecule has 68 valence electrons. The smallest absolute Gasteiger partial charge is 0.126 e. The number of hydrogen-bond donors (Lipinski definition) is 1. The highest BCUT2D eigenvalue weighted by Gasteiger charge is 2.08. The zero-order valence-electron chi connectivity index (χ0n) is 7.66. The third-order valence-corrected chi connectivity index (χ3v) is 1.95. The van der Waals surface area contributed by atoms with E-state index in [4.69, 9.17) is 10.00 Å². The predicted molar refractivity (Wildman–Crippen MR) is 48.7 cm³/mol. The molecule has 0 fully saturated rings. The first kappa shape index (κ1) is 9.40. The molecule has 0 radical (unpaired) electrons. The number of benzene rings is 1. The topological polar surface area (TPSA) is 53.2 Å². The van der Waals surface area contributed by atoms with Crippen molar-refractivity contribution in [1.29, 1.82) is 5.26 Å². The van der Waals surface area contributed by atoms with Gasteiger partial charge in [0.2, 0.25) is 0 Å². The van der Waals surface area contributed by atoms with Crippen LogP contribution in [-0.2, 0) is 6.42 Å². The van der Waals surface area contributed by atoms with Gasteiger partial charge in [-0.05, 0) is 13.0 Å². The van der Waals surface area contributed by atoms with Crippen LogP contribution in [0.3, 0.4) is 0 Å². The number of hydrogen-bond acceptors (Lipinski definition) is 3. The van der Waals surface area contributed by atoms with E-state index in [1.165, 1.54) is 0 Å². The van der Waals surface area contributed by atoms with E-state index >= 15 is 0 Å². The molecule has 0 unspecified atom stereocenters. The highest BCUT2D eigenvalue weighted by Crippen LogP contribution is 2.30. The molecule has 13 heavy (non-hydrogen) atoms. The fourth-order valence-corrected chi connectivity index (χ4v) is 1.19. The van der Waals surface area contributed by atoms with E-state index in [1.54, 1.807) is 26.2 Å². The van der Waals surface area contributed by atoms with Gasteiger partial charge < -0.3 is 9.84 Å². The van der Waals surface area contributed by atoms with E-state index in [0.29, 0.717) is 16.9 Å². The Hall–Kier alpha value is -1.69. The summed E-state index contributed by atoms with van der Waals surface area (Å²) in [7, 11) is 1.55. The molecule has 1 N–H and O–H groups in total. The van der Waals surface area contributed by atoms with Crippen molar-refractivity contribution in [2.24, 2.45) is 0 Å². The van der Waals surface area contributed by atoms with Crippen molar-refractivity contribution in [3.63, 3.8) is 0 Å². The van der Waals surface area contributed by atoms with Gasteiger partial charge in [-0.2, -0.15) is 5.26 Å². The molecule has 0 aliphatic carbocycles. The number of nitrogens with zero attached hydrogens (tertiary/aromatic N) is 1. The molecule has 0 aliphatic rings. The Morgan fingerprint density at radius 2 is 2.23 bits per heavy atom. The summed E-state index contributed by atoms with van der Waals surface area (Å²) in [5, 5.41) is 18.1. The monoisotopic (exact) mass is 177 g/mol. The van der Waals surface area contributed by atoms with Gasteiger partial charge in [-0.25, -0.2) is 0 Å². The maximum atomic E-state index is 9.61. The van der Waals surface area contributed by atoms with Gasteiger partial charge >= 0.3 is 0 Å². The molecule has 0 saturated carbocycles. The molecule has 3 nitrogen and oxygen atoms in total. The molecule has 1 aromatic carbocycles. The number of phenolic OH excluding ortho intramolecular Hbond substituents is 1. The predicted octanol–water partition coefficient (Wildman–Crippen LogP) is 1.78. The molecular weight excluding hydrogens is 166 g/mol. The van der Waals surface area contributed by atoms with Gasteiger partial charge in [0.05, 0.1) is 19.6 Å². The van der Waals surface area contributed by atoms with Crippen LogP contribution in [0, 0.1) is 18.3 Å². The summed E-state index contributed by atoms with van der Waals surface area (Å²) in [6, 6.07) is 5.44. The summed E-state index contributed by atoms with van der Waals surface area (Å²) >= 11 is 0. The van der Waals surface area contributed by atoms with Gasteiger partial charge in [0.25, 0.3) is 0 Å². The Labute approximate surface area is 77.2 Å². The quantitative estimate of drug-likeness (QED) is 0.749. The minimum atomic E-state index is 0.154. The molecule has 0 amide bonds. The van der Waals surface area contributed by atoms with E-state index in [-0.39, 0.29) is 12.2 Å². The third kappa shape index (κ3) is 1.73. The molecule has 0 spiro atoms. The van der Waals surface area contributed by atoms with Crippen molar-refractivity contribution in [2.75, 3.05) is 7.11 Å². The van der Waals surface area contributed by atoms with Crippen LogP contribution in [-0.4, -0.2) is 12.2 Å². The number of aromatic hydroxyl groups is 1. The molecule has 1 aromatic rings. The van der Waals surface area contributed by atoms with Crippen LogP contribution in [0.4, 0.5) is 0 Å². The summed E-state index contributed by atoms with van der Waals surface area (Å²) in [4.78, 5) is 0. The van der Waals surface area contributed by atoms with Crippen molar-refractivity contribution in [3.05, 3.63) is 23.3 Å². The highest BCUT2D eigenvalue weighted by molar-refractivity contribution is 5.49. The van der Waals surface area contributed by atoms with Crippen molar-refractivity contribution in [1.82, 2.24) is 0 Å². The number of ether oxygens (including phenoxy) is 1. The van der Waals surface area contributed by atoms with Gasteiger partial charge in [-0.3, -0.25) is 0 Å². The normalized spacial score (nSPS) is 9.31. The highest BCUT2D eigenvalue weighted by atomic mass is 16.5. The molecule has 0 heterocycles. The lowest BCUT2D eigenvalue weighted by atomic mass is 10.1. The van der Waals surface area contributed by atoms with Crippen molar-refractivity contribution in [2.45, 2.75) is 13.3 Å².